The van der Waals surface area contributed by atoms with E-state index in [1.165, 1.54) is 22.1 Å². The fourth-order valence-electron chi connectivity index (χ4n) is 2.67. The van der Waals surface area contributed by atoms with Gasteiger partial charge in [0.05, 0.1) is 11.4 Å². The smallest absolute Gasteiger partial charge is 0.248 e. The van der Waals surface area contributed by atoms with Crippen molar-refractivity contribution in [2.24, 2.45) is 0 Å². The zero-order valence-corrected chi connectivity index (χ0v) is 16.7. The highest BCUT2D eigenvalue weighted by Crippen LogP contribution is 2.23. The molecule has 0 atom stereocenters. The fourth-order valence-corrected chi connectivity index (χ4v) is 3.52. The molecule has 3 nitrogen and oxygen atoms in total. The molecule has 0 radical (unpaired) electrons. The quantitative estimate of drug-likeness (QED) is 0.307. The van der Waals surface area contributed by atoms with Crippen molar-refractivity contribution in [2.75, 3.05) is 11.1 Å². The molecule has 0 bridgehead atoms. The lowest BCUT2D eigenvalue weighted by molar-refractivity contribution is -0.111. The lowest BCUT2D eigenvalue weighted by Crippen LogP contribution is -2.09. The molecule has 0 unspecified atom stereocenters. The number of amides is 1. The Morgan fingerprint density at radius 3 is 2.32 bits per heavy atom. The van der Waals surface area contributed by atoms with Gasteiger partial charge in [-0.3, -0.25) is 4.79 Å². The van der Waals surface area contributed by atoms with E-state index in [1.54, 1.807) is 18.2 Å². The van der Waals surface area contributed by atoms with Crippen molar-refractivity contribution in [1.29, 1.82) is 0 Å². The molecule has 0 spiro atoms. The first-order chi connectivity index (χ1) is 13.6. The van der Waals surface area contributed by atoms with E-state index in [2.05, 4.69) is 48.6 Å². The third kappa shape index (κ3) is 5.76. The van der Waals surface area contributed by atoms with Crippen molar-refractivity contribution < 1.29 is 4.79 Å². The van der Waals surface area contributed by atoms with Crippen LogP contribution < -0.4 is 11.1 Å². The highest BCUT2D eigenvalue weighted by molar-refractivity contribution is 7.98. The Kier molecular flexibility index (Phi) is 6.93. The summed E-state index contributed by atoms with van der Waals surface area (Å²) in [5, 5.41) is 2.78. The molecule has 3 aromatic carbocycles. The molecular weight excluding hydrogens is 364 g/mol. The maximum absolute atomic E-state index is 12.1. The molecule has 28 heavy (non-hydrogen) atoms. The van der Waals surface area contributed by atoms with Crippen LogP contribution in [0.3, 0.4) is 0 Å². The summed E-state index contributed by atoms with van der Waals surface area (Å²) in [6.45, 7) is 2.17. The van der Waals surface area contributed by atoms with E-state index in [1.807, 2.05) is 36.0 Å². The van der Waals surface area contributed by atoms with Crippen molar-refractivity contribution in [3.05, 3.63) is 95.6 Å². The van der Waals surface area contributed by atoms with E-state index in [0.717, 1.165) is 17.7 Å². The Hall–Kier alpha value is -2.98. The van der Waals surface area contributed by atoms with Gasteiger partial charge in [-0.05, 0) is 53.5 Å². The van der Waals surface area contributed by atoms with Crippen LogP contribution >= 0.6 is 11.8 Å². The topological polar surface area (TPSA) is 55.1 Å². The molecule has 0 saturated heterocycles. The van der Waals surface area contributed by atoms with Gasteiger partial charge in [-0.25, -0.2) is 0 Å². The number of rotatable bonds is 7. The van der Waals surface area contributed by atoms with Gasteiger partial charge >= 0.3 is 0 Å². The number of hydrogen-bond acceptors (Lipinski definition) is 3. The van der Waals surface area contributed by atoms with Gasteiger partial charge in [0.25, 0.3) is 0 Å². The zero-order chi connectivity index (χ0) is 19.8. The van der Waals surface area contributed by atoms with Crippen LogP contribution in [-0.2, 0) is 17.0 Å². The summed E-state index contributed by atoms with van der Waals surface area (Å²) in [6, 6.07) is 24.2. The number of thioether (sulfide) groups is 1. The molecule has 142 valence electrons. The molecule has 0 aliphatic heterocycles. The second kappa shape index (κ2) is 9.81. The van der Waals surface area contributed by atoms with Crippen molar-refractivity contribution in [3.8, 4) is 0 Å². The lowest BCUT2D eigenvalue weighted by atomic mass is 10.1. The number of anilines is 2. The Labute approximate surface area is 170 Å². The maximum atomic E-state index is 12.1. The van der Waals surface area contributed by atoms with Crippen LogP contribution in [0.2, 0.25) is 0 Å². The Morgan fingerprint density at radius 1 is 0.964 bits per heavy atom. The van der Waals surface area contributed by atoms with Crippen LogP contribution in [0.25, 0.3) is 6.08 Å². The number of benzene rings is 3. The summed E-state index contributed by atoms with van der Waals surface area (Å²) in [7, 11) is 0. The van der Waals surface area contributed by atoms with Crippen molar-refractivity contribution in [2.45, 2.75) is 24.0 Å². The number of para-hydroxylation sites is 2. The molecule has 0 aliphatic rings. The average Bonchev–Trinajstić information content (AvgIpc) is 2.73. The van der Waals surface area contributed by atoms with Crippen molar-refractivity contribution in [1.82, 2.24) is 0 Å². The number of nitrogens with two attached hydrogens (primary N) is 1. The third-order valence-corrected chi connectivity index (χ3v) is 5.45. The van der Waals surface area contributed by atoms with Crippen LogP contribution in [-0.4, -0.2) is 5.91 Å². The molecule has 0 saturated carbocycles. The molecule has 3 aromatic rings. The molecule has 0 fully saturated rings. The minimum absolute atomic E-state index is 0.201. The van der Waals surface area contributed by atoms with E-state index in [-0.39, 0.29) is 5.91 Å². The summed E-state index contributed by atoms with van der Waals surface area (Å²) in [5.74, 6) is 0.719. The highest BCUT2D eigenvalue weighted by Gasteiger charge is 2.01. The second-order valence-electron chi connectivity index (χ2n) is 6.44. The van der Waals surface area contributed by atoms with Crippen LogP contribution in [0, 0.1) is 0 Å². The summed E-state index contributed by atoms with van der Waals surface area (Å²) >= 11 is 1.83. The summed E-state index contributed by atoms with van der Waals surface area (Å²) in [4.78, 5) is 13.3. The van der Waals surface area contributed by atoms with Crippen LogP contribution in [0.1, 0.15) is 23.6 Å². The zero-order valence-electron chi connectivity index (χ0n) is 15.9. The molecule has 3 rings (SSSR count). The van der Waals surface area contributed by atoms with Crippen molar-refractivity contribution in [3.63, 3.8) is 0 Å². The van der Waals surface area contributed by atoms with E-state index >= 15 is 0 Å². The number of carbonyl (C=O) groups is 1. The molecule has 4 heteroatoms. The largest absolute Gasteiger partial charge is 0.397 e. The van der Waals surface area contributed by atoms with E-state index in [0.29, 0.717) is 11.4 Å². The van der Waals surface area contributed by atoms with Gasteiger partial charge in [-0.1, -0.05) is 55.5 Å². The van der Waals surface area contributed by atoms with Gasteiger partial charge in [-0.2, -0.15) is 0 Å². The van der Waals surface area contributed by atoms with Gasteiger partial charge in [-0.15, -0.1) is 11.8 Å². The number of nitrogens with one attached hydrogen (secondary N) is 1. The molecular formula is C24H24N2OS. The molecule has 3 N–H and O–H groups in total. The Morgan fingerprint density at radius 2 is 1.64 bits per heavy atom. The molecule has 0 heterocycles. The lowest BCUT2D eigenvalue weighted by Gasteiger charge is -2.05. The second-order valence-corrected chi connectivity index (χ2v) is 7.49. The van der Waals surface area contributed by atoms with E-state index in [4.69, 9.17) is 5.73 Å². The third-order valence-electron chi connectivity index (χ3n) is 4.36. The molecule has 0 aromatic heterocycles. The Balaban J connectivity index is 1.52. The normalized spacial score (nSPS) is 10.9. The van der Waals surface area contributed by atoms with Crippen LogP contribution in [0.15, 0.2) is 83.8 Å². The highest BCUT2D eigenvalue weighted by atomic mass is 32.2. The number of aryl methyl sites for hydroxylation is 1. The fraction of sp³-hybridized carbons (Fsp3) is 0.125. The van der Waals surface area contributed by atoms with Gasteiger partial charge < -0.3 is 11.1 Å². The number of carbonyl (C=O) groups excluding carboxylic acids is 1. The first-order valence-corrected chi connectivity index (χ1v) is 10.3. The van der Waals surface area contributed by atoms with E-state index < -0.39 is 0 Å². The molecule has 0 aliphatic carbocycles. The predicted octanol–water partition coefficient (Wildman–Crippen LogP) is 5.78. The predicted molar refractivity (Wildman–Crippen MR) is 120 cm³/mol. The minimum atomic E-state index is -0.201. The number of nitrogen functional groups attached to an aromatic ring is 1. The summed E-state index contributed by atoms with van der Waals surface area (Å²) in [6.07, 6.45) is 4.39. The molecule has 1 amide bonds. The van der Waals surface area contributed by atoms with Crippen molar-refractivity contribution >= 4 is 35.1 Å². The summed E-state index contributed by atoms with van der Waals surface area (Å²) in [5.41, 5.74) is 10.6. The Bertz CT molecular complexity index is 947. The average molecular weight is 389 g/mol. The maximum Gasteiger partial charge on any atom is 0.248 e. The first kappa shape index (κ1) is 19.8. The first-order valence-electron chi connectivity index (χ1n) is 9.28. The standard InChI is InChI=1S/C24H24N2OS/c1-2-18-11-14-21(15-12-18)28-17-20-9-7-19(8-10-20)13-16-24(27)26-23-6-4-3-5-22(23)25/h3-16H,2,17,25H2,1H3,(H,26,27)/b16-13+. The van der Waals surface area contributed by atoms with Gasteiger partial charge in [0.15, 0.2) is 0 Å². The van der Waals surface area contributed by atoms with Crippen LogP contribution in [0.4, 0.5) is 11.4 Å². The van der Waals surface area contributed by atoms with Gasteiger partial charge in [0.2, 0.25) is 5.91 Å². The SMILES string of the molecule is CCc1ccc(SCc2ccc(/C=C/C(=O)Nc3ccccc3N)cc2)cc1. The monoisotopic (exact) mass is 388 g/mol. The minimum Gasteiger partial charge on any atom is -0.397 e. The van der Waals surface area contributed by atoms with Crippen LogP contribution in [0.5, 0.6) is 0 Å². The number of hydrogen-bond donors (Lipinski definition) is 2. The van der Waals surface area contributed by atoms with E-state index in [9.17, 15) is 4.79 Å². The van der Waals surface area contributed by atoms with Gasteiger partial charge in [0, 0.05) is 16.7 Å². The summed E-state index contributed by atoms with van der Waals surface area (Å²) < 4.78 is 0. The van der Waals surface area contributed by atoms with Gasteiger partial charge in [0.1, 0.15) is 0 Å².